The lowest BCUT2D eigenvalue weighted by Crippen LogP contribution is -2.52. The highest BCUT2D eigenvalue weighted by Crippen LogP contribution is 2.08. The maximum absolute atomic E-state index is 12.1. The Morgan fingerprint density at radius 1 is 0.833 bits per heavy atom. The second-order valence-electron chi connectivity index (χ2n) is 4.76. The number of rotatable bonds is 3. The van der Waals surface area contributed by atoms with E-state index in [2.05, 4.69) is 10.6 Å². The van der Waals surface area contributed by atoms with Gasteiger partial charge in [0.05, 0.1) is 6.26 Å². The van der Waals surface area contributed by atoms with Gasteiger partial charge in [-0.25, -0.2) is 23.4 Å². The minimum absolute atomic E-state index is 0.234. The summed E-state index contributed by atoms with van der Waals surface area (Å²) < 4.78 is 23.8. The first-order valence-electron chi connectivity index (χ1n) is 6.85. The molecular weight excluding hydrogens is 332 g/mol. The summed E-state index contributed by atoms with van der Waals surface area (Å²) in [6.07, 6.45) is 0.806. The van der Waals surface area contributed by atoms with Crippen LogP contribution in [0.1, 0.15) is 0 Å². The molecular formula is C15H16N4O4S. The van der Waals surface area contributed by atoms with E-state index in [9.17, 15) is 18.0 Å². The lowest BCUT2D eigenvalue weighted by atomic mass is 10.3. The second kappa shape index (κ2) is 7.47. The van der Waals surface area contributed by atoms with Crippen molar-refractivity contribution in [2.75, 3.05) is 16.9 Å². The van der Waals surface area contributed by atoms with E-state index in [1.165, 1.54) is 0 Å². The predicted molar refractivity (Wildman–Crippen MR) is 90.7 cm³/mol. The van der Waals surface area contributed by atoms with Gasteiger partial charge in [0, 0.05) is 11.4 Å². The van der Waals surface area contributed by atoms with Crippen molar-refractivity contribution in [3.63, 3.8) is 0 Å². The van der Waals surface area contributed by atoms with Crippen LogP contribution < -0.4 is 16.1 Å². The van der Waals surface area contributed by atoms with E-state index >= 15 is 0 Å². The van der Waals surface area contributed by atoms with Crippen molar-refractivity contribution >= 4 is 33.5 Å². The minimum atomic E-state index is -4.02. The van der Waals surface area contributed by atoms with Gasteiger partial charge in [0.25, 0.3) is 10.0 Å². The third-order valence-electron chi connectivity index (χ3n) is 2.78. The Labute approximate surface area is 139 Å². The summed E-state index contributed by atoms with van der Waals surface area (Å²) in [5.41, 5.74) is 2.85. The highest BCUT2D eigenvalue weighted by molar-refractivity contribution is 7.88. The molecule has 126 valence electrons. The van der Waals surface area contributed by atoms with Gasteiger partial charge in [-0.1, -0.05) is 36.4 Å². The van der Waals surface area contributed by atoms with E-state index in [-0.39, 0.29) is 4.41 Å². The number of urea groups is 2. The quantitative estimate of drug-likeness (QED) is 0.739. The molecule has 0 heterocycles. The smallest absolute Gasteiger partial charge is 0.307 e. The first-order valence-corrected chi connectivity index (χ1v) is 8.70. The standard InChI is InChI=1S/C15H16N4O4S/c1-24(22,23)19(15(21)17-13-10-6-3-7-11-13)18-14(20)16-12-8-4-2-5-9-12/h2-11H,1H3,(H,17,21)(H2,16,18,20). The van der Waals surface area contributed by atoms with Gasteiger partial charge in [-0.15, -0.1) is 4.41 Å². The number of nitrogens with one attached hydrogen (secondary N) is 3. The average molecular weight is 348 g/mol. The van der Waals surface area contributed by atoms with Crippen LogP contribution in [-0.2, 0) is 10.0 Å². The van der Waals surface area contributed by atoms with Crippen LogP contribution in [0.4, 0.5) is 21.0 Å². The van der Waals surface area contributed by atoms with Crippen molar-refractivity contribution in [1.29, 1.82) is 0 Å². The number of hydrazine groups is 1. The van der Waals surface area contributed by atoms with Crippen molar-refractivity contribution in [2.24, 2.45) is 0 Å². The van der Waals surface area contributed by atoms with Crippen molar-refractivity contribution < 1.29 is 18.0 Å². The summed E-state index contributed by atoms with van der Waals surface area (Å²) in [7, 11) is -4.02. The first kappa shape index (κ1) is 17.3. The molecule has 0 saturated heterocycles. The summed E-state index contributed by atoms with van der Waals surface area (Å²) in [5, 5.41) is 4.81. The number of carbonyl (C=O) groups is 2. The Kier molecular flexibility index (Phi) is 5.38. The molecule has 2 aromatic rings. The zero-order chi connectivity index (χ0) is 17.6. The van der Waals surface area contributed by atoms with Crippen LogP contribution in [0.2, 0.25) is 0 Å². The third-order valence-corrected chi connectivity index (χ3v) is 3.70. The van der Waals surface area contributed by atoms with Crippen LogP contribution in [0.25, 0.3) is 0 Å². The second-order valence-corrected chi connectivity index (χ2v) is 6.59. The highest BCUT2D eigenvalue weighted by Gasteiger charge is 2.25. The van der Waals surface area contributed by atoms with Crippen molar-refractivity contribution in [2.45, 2.75) is 0 Å². The molecule has 0 aliphatic heterocycles. The van der Waals surface area contributed by atoms with Gasteiger partial charge < -0.3 is 10.6 Å². The van der Waals surface area contributed by atoms with E-state index in [0.29, 0.717) is 11.4 Å². The largest absolute Gasteiger partial charge is 0.355 e. The van der Waals surface area contributed by atoms with Gasteiger partial charge in [0.2, 0.25) is 0 Å². The zero-order valence-corrected chi connectivity index (χ0v) is 13.6. The molecule has 9 heteroatoms. The number of carbonyl (C=O) groups excluding carboxylic acids is 2. The molecule has 0 spiro atoms. The van der Waals surface area contributed by atoms with E-state index in [0.717, 1.165) is 6.26 Å². The molecule has 0 atom stereocenters. The highest BCUT2D eigenvalue weighted by atomic mass is 32.2. The number of hydrogen-bond acceptors (Lipinski definition) is 4. The molecule has 3 N–H and O–H groups in total. The number of sulfonamides is 1. The van der Waals surface area contributed by atoms with Crippen molar-refractivity contribution in [1.82, 2.24) is 9.84 Å². The van der Waals surface area contributed by atoms with E-state index in [1.54, 1.807) is 60.7 Å². The van der Waals surface area contributed by atoms with Gasteiger partial charge in [-0.05, 0) is 24.3 Å². The van der Waals surface area contributed by atoms with Gasteiger partial charge in [0.15, 0.2) is 0 Å². The Morgan fingerprint density at radius 2 is 1.29 bits per heavy atom. The van der Waals surface area contributed by atoms with E-state index < -0.39 is 22.1 Å². The van der Waals surface area contributed by atoms with Crippen LogP contribution >= 0.6 is 0 Å². The maximum Gasteiger partial charge on any atom is 0.355 e. The minimum Gasteiger partial charge on any atom is -0.307 e. The van der Waals surface area contributed by atoms with Gasteiger partial charge in [-0.2, -0.15) is 0 Å². The lowest BCUT2D eigenvalue weighted by Gasteiger charge is -2.21. The average Bonchev–Trinajstić information content (AvgIpc) is 2.53. The van der Waals surface area contributed by atoms with Crippen molar-refractivity contribution in [3.05, 3.63) is 60.7 Å². The summed E-state index contributed by atoms with van der Waals surface area (Å²) in [6.45, 7) is 0. The molecule has 0 fully saturated rings. The fraction of sp³-hybridized carbons (Fsp3) is 0.0667. The number of para-hydroxylation sites is 2. The molecule has 24 heavy (non-hydrogen) atoms. The fourth-order valence-electron chi connectivity index (χ4n) is 1.75. The summed E-state index contributed by atoms with van der Waals surface area (Å²) in [5.74, 6) is 0. The van der Waals surface area contributed by atoms with E-state index in [4.69, 9.17) is 0 Å². The lowest BCUT2D eigenvalue weighted by molar-refractivity contribution is 0.214. The van der Waals surface area contributed by atoms with Crippen LogP contribution in [0.3, 0.4) is 0 Å². The number of amides is 4. The fourth-order valence-corrected chi connectivity index (χ4v) is 2.35. The van der Waals surface area contributed by atoms with Crippen LogP contribution in [0.15, 0.2) is 60.7 Å². The molecule has 0 radical (unpaired) electrons. The van der Waals surface area contributed by atoms with Crippen LogP contribution in [0, 0.1) is 0 Å². The Bertz CT molecular complexity index is 810. The number of benzene rings is 2. The van der Waals surface area contributed by atoms with Crippen molar-refractivity contribution in [3.8, 4) is 0 Å². The molecule has 2 rings (SSSR count). The summed E-state index contributed by atoms with van der Waals surface area (Å²) in [6, 6.07) is 14.8. The topological polar surface area (TPSA) is 108 Å². The Morgan fingerprint density at radius 3 is 1.75 bits per heavy atom. The number of hydrogen-bond donors (Lipinski definition) is 3. The SMILES string of the molecule is CS(=O)(=O)N(NC(=O)Nc1ccccc1)C(=O)Nc1ccccc1. The normalized spacial score (nSPS) is 10.5. The number of nitrogens with zero attached hydrogens (tertiary/aromatic N) is 1. The molecule has 0 bridgehead atoms. The molecule has 8 nitrogen and oxygen atoms in total. The van der Waals surface area contributed by atoms with E-state index in [1.807, 2.05) is 5.43 Å². The predicted octanol–water partition coefficient (Wildman–Crippen LogP) is 2.22. The third kappa shape index (κ3) is 4.99. The molecule has 0 aliphatic rings. The maximum atomic E-state index is 12.1. The molecule has 2 aromatic carbocycles. The number of anilines is 2. The van der Waals surface area contributed by atoms with Crippen LogP contribution in [-0.4, -0.2) is 31.2 Å². The first-order chi connectivity index (χ1) is 11.4. The monoisotopic (exact) mass is 348 g/mol. The van der Waals surface area contributed by atoms with Gasteiger partial charge >= 0.3 is 12.1 Å². The summed E-state index contributed by atoms with van der Waals surface area (Å²) >= 11 is 0. The van der Waals surface area contributed by atoms with Gasteiger partial charge in [0.1, 0.15) is 0 Å². The van der Waals surface area contributed by atoms with Gasteiger partial charge in [-0.3, -0.25) is 0 Å². The molecule has 0 aromatic heterocycles. The molecule has 0 unspecified atom stereocenters. The summed E-state index contributed by atoms with van der Waals surface area (Å²) in [4.78, 5) is 24.1. The van der Waals surface area contributed by atoms with Crippen LogP contribution in [0.5, 0.6) is 0 Å². The Hall–Kier alpha value is -3.07. The Balaban J connectivity index is 2.08. The molecule has 0 aliphatic carbocycles. The molecule has 4 amide bonds. The molecule has 0 saturated carbocycles. The zero-order valence-electron chi connectivity index (χ0n) is 12.8.